The zero-order chi connectivity index (χ0) is 15.3. The molecule has 2 aromatic carbocycles. The molecule has 0 bridgehead atoms. The van der Waals surface area contributed by atoms with Gasteiger partial charge in [-0.05, 0) is 33.2 Å². The van der Waals surface area contributed by atoms with Gasteiger partial charge in [-0.1, -0.05) is 75.4 Å². The van der Waals surface area contributed by atoms with E-state index in [0.717, 1.165) is 0 Å². The van der Waals surface area contributed by atoms with E-state index in [0.29, 0.717) is 0 Å². The fraction of sp³-hybridized carbons (Fsp3) is 0.238. The van der Waals surface area contributed by atoms with Crippen molar-refractivity contribution in [3.8, 4) is 11.1 Å². The minimum atomic E-state index is -0.271. The van der Waals surface area contributed by atoms with E-state index in [1.807, 2.05) is 12.2 Å². The molecule has 0 spiro atoms. The van der Waals surface area contributed by atoms with Gasteiger partial charge in [0.05, 0.1) is 5.41 Å². The van der Waals surface area contributed by atoms with Crippen LogP contribution in [0.25, 0.3) is 11.1 Å². The summed E-state index contributed by atoms with van der Waals surface area (Å²) in [5.74, 6) is 0. The Bertz CT molecular complexity index is 718. The van der Waals surface area contributed by atoms with Crippen LogP contribution in [0.4, 0.5) is 0 Å². The minimum absolute atomic E-state index is 0.108. The molecule has 0 aliphatic heterocycles. The molecule has 0 radical (unpaired) electrons. The Hall–Kier alpha value is -2.08. The standard InChI is InChI=1S/C21H22/c1-6-21(7-2)16-12-9-8-11-15(16)19-17(20(3,4)5)13-10-14-18(19)21/h6-14H,1-2H2,3-5H3. The van der Waals surface area contributed by atoms with Crippen LogP contribution in [0.15, 0.2) is 67.8 Å². The van der Waals surface area contributed by atoms with Crippen LogP contribution in [0.1, 0.15) is 37.5 Å². The van der Waals surface area contributed by atoms with Gasteiger partial charge in [0.25, 0.3) is 0 Å². The monoisotopic (exact) mass is 274 g/mol. The average Bonchev–Trinajstić information content (AvgIpc) is 2.77. The first kappa shape index (κ1) is 13.9. The summed E-state index contributed by atoms with van der Waals surface area (Å²) in [6.07, 6.45) is 4.05. The predicted molar refractivity (Wildman–Crippen MR) is 91.8 cm³/mol. The molecule has 0 fully saturated rings. The van der Waals surface area contributed by atoms with E-state index in [4.69, 9.17) is 0 Å². The number of allylic oxidation sites excluding steroid dienone is 2. The highest BCUT2D eigenvalue weighted by Gasteiger charge is 2.40. The van der Waals surface area contributed by atoms with Crippen LogP contribution in [0.3, 0.4) is 0 Å². The Balaban J connectivity index is 2.48. The number of fused-ring (bicyclic) bond motifs is 3. The summed E-state index contributed by atoms with van der Waals surface area (Å²) in [7, 11) is 0. The molecule has 1 aliphatic carbocycles. The normalized spacial score (nSPS) is 15.2. The van der Waals surface area contributed by atoms with E-state index in [1.54, 1.807) is 0 Å². The first-order valence-electron chi connectivity index (χ1n) is 7.47. The first-order valence-corrected chi connectivity index (χ1v) is 7.47. The molecular formula is C21H22. The van der Waals surface area contributed by atoms with Crippen LogP contribution in [-0.2, 0) is 10.8 Å². The average molecular weight is 274 g/mol. The lowest BCUT2D eigenvalue weighted by Crippen LogP contribution is -2.19. The first-order chi connectivity index (χ1) is 9.95. The van der Waals surface area contributed by atoms with Crippen molar-refractivity contribution in [3.05, 3.63) is 84.5 Å². The molecule has 0 saturated heterocycles. The van der Waals surface area contributed by atoms with Gasteiger partial charge >= 0.3 is 0 Å². The fourth-order valence-corrected chi connectivity index (χ4v) is 3.54. The van der Waals surface area contributed by atoms with E-state index < -0.39 is 0 Å². The van der Waals surface area contributed by atoms with Gasteiger partial charge in [-0.2, -0.15) is 0 Å². The highest BCUT2D eigenvalue weighted by atomic mass is 14.4. The van der Waals surface area contributed by atoms with Gasteiger partial charge in [-0.25, -0.2) is 0 Å². The fourth-order valence-electron chi connectivity index (χ4n) is 3.54. The Kier molecular flexibility index (Phi) is 2.95. The van der Waals surface area contributed by atoms with Gasteiger partial charge < -0.3 is 0 Å². The molecule has 0 aromatic heterocycles. The van der Waals surface area contributed by atoms with E-state index in [2.05, 4.69) is 76.4 Å². The predicted octanol–water partition coefficient (Wildman–Crippen LogP) is 5.62. The summed E-state index contributed by atoms with van der Waals surface area (Å²) in [6, 6.07) is 15.3. The molecular weight excluding hydrogens is 252 g/mol. The third kappa shape index (κ3) is 1.75. The van der Waals surface area contributed by atoms with Gasteiger partial charge in [0.2, 0.25) is 0 Å². The smallest absolute Gasteiger partial charge is 0.0569 e. The van der Waals surface area contributed by atoms with Crippen molar-refractivity contribution >= 4 is 0 Å². The lowest BCUT2D eigenvalue weighted by molar-refractivity contribution is 0.591. The molecule has 106 valence electrons. The van der Waals surface area contributed by atoms with Gasteiger partial charge in [0, 0.05) is 0 Å². The quantitative estimate of drug-likeness (QED) is 0.623. The van der Waals surface area contributed by atoms with Crippen LogP contribution in [0.5, 0.6) is 0 Å². The second-order valence-corrected chi connectivity index (χ2v) is 6.80. The van der Waals surface area contributed by atoms with Crippen molar-refractivity contribution in [3.63, 3.8) is 0 Å². The highest BCUT2D eigenvalue weighted by molar-refractivity contribution is 5.86. The maximum Gasteiger partial charge on any atom is 0.0569 e. The van der Waals surface area contributed by atoms with Gasteiger partial charge in [0.1, 0.15) is 0 Å². The highest BCUT2D eigenvalue weighted by Crippen LogP contribution is 2.53. The molecule has 3 rings (SSSR count). The number of hydrogen-bond donors (Lipinski definition) is 0. The van der Waals surface area contributed by atoms with E-state index >= 15 is 0 Å². The SMILES string of the molecule is C=CC1(C=C)c2ccccc2-c2c(C(C)(C)C)cccc21. The minimum Gasteiger partial charge on any atom is -0.102 e. The summed E-state index contributed by atoms with van der Waals surface area (Å²) in [4.78, 5) is 0. The van der Waals surface area contributed by atoms with Crippen LogP contribution in [0.2, 0.25) is 0 Å². The van der Waals surface area contributed by atoms with Crippen LogP contribution < -0.4 is 0 Å². The largest absolute Gasteiger partial charge is 0.102 e. The molecule has 0 unspecified atom stereocenters. The molecule has 0 N–H and O–H groups in total. The molecule has 21 heavy (non-hydrogen) atoms. The van der Waals surface area contributed by atoms with Crippen molar-refractivity contribution in [2.75, 3.05) is 0 Å². The Morgan fingerprint density at radius 3 is 2.10 bits per heavy atom. The Morgan fingerprint density at radius 1 is 0.857 bits per heavy atom. The number of rotatable bonds is 2. The summed E-state index contributed by atoms with van der Waals surface area (Å²) in [5.41, 5.74) is 6.50. The molecule has 0 heteroatoms. The molecule has 1 aliphatic rings. The topological polar surface area (TPSA) is 0 Å². The van der Waals surface area contributed by atoms with E-state index in [9.17, 15) is 0 Å². The number of hydrogen-bond acceptors (Lipinski definition) is 0. The van der Waals surface area contributed by atoms with Crippen LogP contribution in [-0.4, -0.2) is 0 Å². The van der Waals surface area contributed by atoms with Crippen LogP contribution >= 0.6 is 0 Å². The Morgan fingerprint density at radius 2 is 1.48 bits per heavy atom. The summed E-state index contributed by atoms with van der Waals surface area (Å²) in [6.45, 7) is 15.0. The molecule has 0 amide bonds. The van der Waals surface area contributed by atoms with E-state index in [-0.39, 0.29) is 10.8 Å². The van der Waals surface area contributed by atoms with Crippen molar-refractivity contribution < 1.29 is 0 Å². The maximum atomic E-state index is 4.10. The lowest BCUT2D eigenvalue weighted by Gasteiger charge is -2.26. The van der Waals surface area contributed by atoms with Crippen molar-refractivity contribution in [2.24, 2.45) is 0 Å². The van der Waals surface area contributed by atoms with Crippen molar-refractivity contribution in [1.29, 1.82) is 0 Å². The molecule has 0 atom stereocenters. The zero-order valence-corrected chi connectivity index (χ0v) is 13.1. The maximum absolute atomic E-state index is 4.10. The third-order valence-corrected chi connectivity index (χ3v) is 4.60. The summed E-state index contributed by atoms with van der Waals surface area (Å²) in [5, 5.41) is 0. The van der Waals surface area contributed by atoms with Crippen LogP contribution in [0, 0.1) is 0 Å². The molecule has 2 aromatic rings. The molecule has 0 saturated carbocycles. The van der Waals surface area contributed by atoms with Gasteiger partial charge in [-0.3, -0.25) is 0 Å². The zero-order valence-electron chi connectivity index (χ0n) is 13.1. The number of benzene rings is 2. The van der Waals surface area contributed by atoms with Gasteiger partial charge in [-0.15, -0.1) is 13.2 Å². The lowest BCUT2D eigenvalue weighted by atomic mass is 9.76. The third-order valence-electron chi connectivity index (χ3n) is 4.60. The second kappa shape index (κ2) is 4.46. The summed E-state index contributed by atoms with van der Waals surface area (Å²) >= 11 is 0. The van der Waals surface area contributed by atoms with Gasteiger partial charge in [0.15, 0.2) is 0 Å². The van der Waals surface area contributed by atoms with E-state index in [1.165, 1.54) is 27.8 Å². The van der Waals surface area contributed by atoms with Crippen molar-refractivity contribution in [1.82, 2.24) is 0 Å². The second-order valence-electron chi connectivity index (χ2n) is 6.80. The molecule has 0 heterocycles. The van der Waals surface area contributed by atoms with Crippen molar-refractivity contribution in [2.45, 2.75) is 31.6 Å². The molecule has 0 nitrogen and oxygen atoms in total. The summed E-state index contributed by atoms with van der Waals surface area (Å²) < 4.78 is 0. The Labute approximate surface area is 127 Å².